The van der Waals surface area contributed by atoms with Crippen LogP contribution in [-0.4, -0.2) is 25.0 Å². The second kappa shape index (κ2) is 9.03. The minimum Gasteiger partial charge on any atom is -0.504 e. The molecule has 1 aliphatic carbocycles. The highest BCUT2D eigenvalue weighted by molar-refractivity contribution is 5.81. The molecule has 1 atom stereocenters. The molecule has 4 rings (SSSR count). The Kier molecular flexibility index (Phi) is 6.25. The predicted molar refractivity (Wildman–Crippen MR) is 111 cm³/mol. The first kappa shape index (κ1) is 20.1. The third-order valence-corrected chi connectivity index (χ3v) is 4.39. The molecule has 29 heavy (non-hydrogen) atoms. The molecule has 0 saturated carbocycles. The van der Waals surface area contributed by atoms with Crippen LogP contribution in [0.5, 0.6) is 11.5 Å². The molecule has 0 fully saturated rings. The topological polar surface area (TPSA) is 65.0 Å². The molecule has 1 N–H and O–H groups in total. The predicted octanol–water partition coefficient (Wildman–Crippen LogP) is 4.56. The van der Waals surface area contributed by atoms with Gasteiger partial charge in [-0.05, 0) is 41.5 Å². The fourth-order valence-electron chi connectivity index (χ4n) is 3.04. The van der Waals surface area contributed by atoms with Crippen molar-refractivity contribution < 1.29 is 24.1 Å². The first-order chi connectivity index (χ1) is 14.0. The summed E-state index contributed by atoms with van der Waals surface area (Å²) in [5, 5.41) is 7.42. The Morgan fingerprint density at radius 2 is 1.79 bits per heavy atom. The highest BCUT2D eigenvalue weighted by Gasteiger charge is 2.17. The normalized spacial score (nSPS) is 16.8. The van der Waals surface area contributed by atoms with Gasteiger partial charge in [-0.25, -0.2) is 0 Å². The van der Waals surface area contributed by atoms with Crippen molar-refractivity contribution in [2.45, 2.75) is 13.8 Å². The van der Waals surface area contributed by atoms with Gasteiger partial charge >= 0.3 is 0 Å². The van der Waals surface area contributed by atoms with Crippen LogP contribution in [-0.2, 0) is 9.53 Å². The van der Waals surface area contributed by atoms with Crippen LogP contribution in [0.25, 0.3) is 11.6 Å². The molecule has 2 aromatic carbocycles. The minimum atomic E-state index is -0.833. The molecule has 0 saturated heterocycles. The Bertz CT molecular complexity index is 1030. The first-order valence-electron chi connectivity index (χ1n) is 9.14. The molecule has 0 amide bonds. The Morgan fingerprint density at radius 1 is 1.14 bits per heavy atom. The highest BCUT2D eigenvalue weighted by atomic mass is 16.7. The number of hydrogen-bond acceptors (Lipinski definition) is 4. The van der Waals surface area contributed by atoms with Crippen LogP contribution in [0.3, 0.4) is 0 Å². The fraction of sp³-hybridized carbons (Fsp3) is 0.208. The summed E-state index contributed by atoms with van der Waals surface area (Å²) in [6.07, 6.45) is 6.16. The quantitative estimate of drug-likeness (QED) is 0.571. The summed E-state index contributed by atoms with van der Waals surface area (Å²) in [7, 11) is 1.68. The van der Waals surface area contributed by atoms with Gasteiger partial charge in [-0.1, -0.05) is 37.0 Å². The van der Waals surface area contributed by atoms with Crippen LogP contribution in [0.4, 0.5) is 0 Å². The molecular formula is C24H22O5. The van der Waals surface area contributed by atoms with Crippen LogP contribution in [0, 0.1) is 17.8 Å². The number of carbonyl (C=O) groups is 1. The van der Waals surface area contributed by atoms with Crippen LogP contribution in [0.15, 0.2) is 48.7 Å². The monoisotopic (exact) mass is 390 g/mol. The van der Waals surface area contributed by atoms with Gasteiger partial charge in [0.1, 0.15) is 0 Å². The standard InChI is InChI=1S/C22H18O3.C2H4O2/c1-15-3-8-18-9-6-16(11-19(18)20(15)13-23-2)4-5-17-7-10-21-22(12-17)25-14-24-21;1-2(3)4/h3,6-13,15H,14H2,1-2H3;1H3,(H,3,4)/b20-13+;. The van der Waals surface area contributed by atoms with Crippen molar-refractivity contribution in [3.8, 4) is 23.3 Å². The van der Waals surface area contributed by atoms with Gasteiger partial charge < -0.3 is 19.3 Å². The molecule has 1 heterocycles. The zero-order valence-corrected chi connectivity index (χ0v) is 16.6. The van der Waals surface area contributed by atoms with E-state index in [1.54, 1.807) is 7.11 Å². The van der Waals surface area contributed by atoms with E-state index in [0.717, 1.165) is 29.5 Å². The average Bonchev–Trinajstić information content (AvgIpc) is 3.16. The number of carboxylic acids is 1. The van der Waals surface area contributed by atoms with Crippen LogP contribution >= 0.6 is 0 Å². The smallest absolute Gasteiger partial charge is 0.300 e. The van der Waals surface area contributed by atoms with E-state index >= 15 is 0 Å². The maximum absolute atomic E-state index is 9.00. The molecule has 1 unspecified atom stereocenters. The van der Waals surface area contributed by atoms with Gasteiger partial charge in [0.2, 0.25) is 6.79 Å². The van der Waals surface area contributed by atoms with Gasteiger partial charge in [0, 0.05) is 29.5 Å². The van der Waals surface area contributed by atoms with Gasteiger partial charge in [0.15, 0.2) is 11.5 Å². The van der Waals surface area contributed by atoms with Gasteiger partial charge in [0.25, 0.3) is 5.97 Å². The number of carboxylic acid groups (broad SMARTS) is 1. The summed E-state index contributed by atoms with van der Waals surface area (Å²) in [5.41, 5.74) is 5.42. The molecular weight excluding hydrogens is 368 g/mol. The second-order valence-electron chi connectivity index (χ2n) is 6.60. The summed E-state index contributed by atoms with van der Waals surface area (Å²) < 4.78 is 16.0. The van der Waals surface area contributed by atoms with Crippen molar-refractivity contribution in [3.63, 3.8) is 0 Å². The Hall–Kier alpha value is -3.65. The van der Waals surface area contributed by atoms with Gasteiger partial charge in [-0.3, -0.25) is 4.79 Å². The Balaban J connectivity index is 0.000000552. The lowest BCUT2D eigenvalue weighted by Gasteiger charge is -2.20. The maximum Gasteiger partial charge on any atom is 0.300 e. The number of methoxy groups -OCH3 is 1. The molecule has 148 valence electrons. The van der Waals surface area contributed by atoms with Crippen molar-refractivity contribution in [1.82, 2.24) is 0 Å². The molecule has 2 aliphatic rings. The first-order valence-corrected chi connectivity index (χ1v) is 9.14. The van der Waals surface area contributed by atoms with E-state index in [0.29, 0.717) is 5.92 Å². The number of hydrogen-bond donors (Lipinski definition) is 1. The number of allylic oxidation sites excluding steroid dienone is 2. The molecule has 2 aromatic rings. The van der Waals surface area contributed by atoms with Gasteiger partial charge in [-0.2, -0.15) is 0 Å². The number of aliphatic carboxylic acids is 1. The number of benzene rings is 2. The molecule has 0 spiro atoms. The number of rotatable bonds is 1. The molecule has 5 heteroatoms. The van der Waals surface area contributed by atoms with E-state index in [4.69, 9.17) is 24.1 Å². The van der Waals surface area contributed by atoms with E-state index in [2.05, 4.69) is 43.0 Å². The third-order valence-electron chi connectivity index (χ3n) is 4.39. The maximum atomic E-state index is 9.00. The lowest BCUT2D eigenvalue weighted by Crippen LogP contribution is -2.03. The van der Waals surface area contributed by atoms with Gasteiger partial charge in [-0.15, -0.1) is 0 Å². The Labute approximate surface area is 170 Å². The van der Waals surface area contributed by atoms with E-state index < -0.39 is 5.97 Å². The van der Waals surface area contributed by atoms with Crippen LogP contribution < -0.4 is 9.47 Å². The van der Waals surface area contributed by atoms with Crippen molar-refractivity contribution in [2.24, 2.45) is 5.92 Å². The van der Waals surface area contributed by atoms with Crippen LogP contribution in [0.1, 0.15) is 36.1 Å². The van der Waals surface area contributed by atoms with Crippen molar-refractivity contribution in [2.75, 3.05) is 13.9 Å². The SMILES string of the molecule is CC(=O)O.CO/C=C1/c2cc(C#Cc3ccc4c(c3)OCO4)ccc2C=CC1C. The Morgan fingerprint density at radius 3 is 2.52 bits per heavy atom. The zero-order valence-electron chi connectivity index (χ0n) is 16.6. The zero-order chi connectivity index (χ0) is 20.8. The number of ether oxygens (including phenoxy) is 3. The lowest BCUT2D eigenvalue weighted by molar-refractivity contribution is -0.134. The summed E-state index contributed by atoms with van der Waals surface area (Å²) in [6.45, 7) is 3.52. The van der Waals surface area contributed by atoms with Gasteiger partial charge in [0.05, 0.1) is 13.4 Å². The summed E-state index contributed by atoms with van der Waals surface area (Å²) in [6, 6.07) is 12.0. The summed E-state index contributed by atoms with van der Waals surface area (Å²) in [4.78, 5) is 9.00. The fourth-order valence-corrected chi connectivity index (χ4v) is 3.04. The minimum absolute atomic E-state index is 0.275. The number of fused-ring (bicyclic) bond motifs is 2. The van der Waals surface area contributed by atoms with E-state index in [-0.39, 0.29) is 6.79 Å². The molecule has 1 aliphatic heterocycles. The van der Waals surface area contributed by atoms with E-state index in [9.17, 15) is 0 Å². The molecule has 5 nitrogen and oxygen atoms in total. The second-order valence-corrected chi connectivity index (χ2v) is 6.60. The largest absolute Gasteiger partial charge is 0.504 e. The summed E-state index contributed by atoms with van der Waals surface area (Å²) >= 11 is 0. The molecule has 0 aromatic heterocycles. The third kappa shape index (κ3) is 4.99. The summed E-state index contributed by atoms with van der Waals surface area (Å²) in [5.74, 6) is 7.46. The lowest BCUT2D eigenvalue weighted by atomic mass is 9.85. The van der Waals surface area contributed by atoms with Crippen LogP contribution in [0.2, 0.25) is 0 Å². The van der Waals surface area contributed by atoms with Crippen molar-refractivity contribution in [1.29, 1.82) is 0 Å². The highest BCUT2D eigenvalue weighted by Crippen LogP contribution is 2.34. The molecule has 0 bridgehead atoms. The van der Waals surface area contributed by atoms with E-state index in [1.807, 2.05) is 30.5 Å². The van der Waals surface area contributed by atoms with Crippen molar-refractivity contribution in [3.05, 3.63) is 71.0 Å². The van der Waals surface area contributed by atoms with E-state index in [1.165, 1.54) is 16.7 Å². The average molecular weight is 390 g/mol. The van der Waals surface area contributed by atoms with Crippen molar-refractivity contribution >= 4 is 17.6 Å². The molecule has 0 radical (unpaired) electrons.